The molecule has 0 bridgehead atoms. The summed E-state index contributed by atoms with van der Waals surface area (Å²) in [6, 6.07) is 0. The quantitative estimate of drug-likeness (QED) is 0.551. The molecule has 0 aromatic rings. The van der Waals surface area contributed by atoms with Crippen molar-refractivity contribution in [1.82, 2.24) is 16.0 Å². The van der Waals surface area contributed by atoms with Gasteiger partial charge in [0.2, 0.25) is 17.7 Å². The summed E-state index contributed by atoms with van der Waals surface area (Å²) in [4.78, 5) is 32.1. The van der Waals surface area contributed by atoms with Crippen molar-refractivity contribution in [2.45, 2.75) is 67.2 Å². The molecule has 0 saturated carbocycles. The number of allylic oxidation sites excluding steroid dienone is 2. The van der Waals surface area contributed by atoms with E-state index in [9.17, 15) is 14.4 Å². The van der Waals surface area contributed by atoms with Crippen molar-refractivity contribution in [3.8, 4) is 0 Å². The maximum Gasteiger partial charge on any atom is 0.220 e. The van der Waals surface area contributed by atoms with Gasteiger partial charge in [0.25, 0.3) is 0 Å². The normalized spacial score (nSPS) is 23.8. The van der Waals surface area contributed by atoms with Gasteiger partial charge in [0.15, 0.2) is 0 Å². The fourth-order valence-electron chi connectivity index (χ4n) is 3.93. The topological polar surface area (TPSA) is 87.3 Å². The molecule has 3 saturated heterocycles. The molecule has 0 unspecified atom stereocenters. The summed E-state index contributed by atoms with van der Waals surface area (Å²) in [5.74, 6) is 2.80. The van der Waals surface area contributed by atoms with Crippen molar-refractivity contribution < 1.29 is 32.9 Å². The Morgan fingerprint density at radius 3 is 1.42 bits per heavy atom. The minimum absolute atomic E-state index is 0. The summed E-state index contributed by atoms with van der Waals surface area (Å²) in [7, 11) is 0. The van der Waals surface area contributed by atoms with E-state index in [4.69, 9.17) is 0 Å². The SMILES string of the molecule is CC(C)=C[C@@H]1CNC(=O)C1.CC(C)=C[C@@H]1CNC(=O)C1.CC(C)C[C@@H]1CNC(=O)C1.[V]. The molecule has 6 nitrogen and oxygen atoms in total. The smallest absolute Gasteiger partial charge is 0.220 e. The molecule has 3 aliphatic heterocycles. The van der Waals surface area contributed by atoms with E-state index < -0.39 is 0 Å². The molecule has 3 rings (SSSR count). The Morgan fingerprint density at radius 1 is 0.774 bits per heavy atom. The van der Waals surface area contributed by atoms with Crippen LogP contribution in [0.2, 0.25) is 0 Å². The Labute approximate surface area is 200 Å². The number of hydrogen-bond donors (Lipinski definition) is 3. The maximum atomic E-state index is 10.7. The van der Waals surface area contributed by atoms with Crippen LogP contribution in [0.3, 0.4) is 0 Å². The molecule has 0 aromatic heterocycles. The first-order valence-corrected chi connectivity index (χ1v) is 11.1. The predicted octanol–water partition coefficient (Wildman–Crippen LogP) is 3.34. The number of nitrogens with one attached hydrogen (secondary N) is 3. The zero-order chi connectivity index (χ0) is 22.7. The molecule has 0 spiro atoms. The van der Waals surface area contributed by atoms with Gasteiger partial charge in [0, 0.05) is 69.3 Å². The summed E-state index contributed by atoms with van der Waals surface area (Å²) in [5.41, 5.74) is 2.59. The van der Waals surface area contributed by atoms with Crippen molar-refractivity contribution in [3.05, 3.63) is 23.3 Å². The zero-order valence-corrected chi connectivity index (χ0v) is 21.5. The van der Waals surface area contributed by atoms with Gasteiger partial charge < -0.3 is 16.0 Å². The van der Waals surface area contributed by atoms with Gasteiger partial charge in [-0.3, -0.25) is 14.4 Å². The van der Waals surface area contributed by atoms with E-state index in [0.29, 0.717) is 30.6 Å². The van der Waals surface area contributed by atoms with Crippen LogP contribution in [-0.2, 0) is 32.9 Å². The molecule has 3 aliphatic rings. The molecule has 3 N–H and O–H groups in total. The van der Waals surface area contributed by atoms with Gasteiger partial charge in [-0.05, 0) is 46.0 Å². The average Bonchev–Trinajstić information content (AvgIpc) is 3.31. The summed E-state index contributed by atoms with van der Waals surface area (Å²) in [5, 5.41) is 8.42. The number of hydrogen-bond acceptors (Lipinski definition) is 3. The van der Waals surface area contributed by atoms with Crippen LogP contribution >= 0.6 is 0 Å². The van der Waals surface area contributed by atoms with Crippen molar-refractivity contribution in [2.75, 3.05) is 19.6 Å². The van der Waals surface area contributed by atoms with Gasteiger partial charge in [-0.2, -0.15) is 0 Å². The Morgan fingerprint density at radius 2 is 1.16 bits per heavy atom. The van der Waals surface area contributed by atoms with E-state index in [-0.39, 0.29) is 36.3 Å². The van der Waals surface area contributed by atoms with Gasteiger partial charge in [0.1, 0.15) is 0 Å². The molecule has 3 amide bonds. The van der Waals surface area contributed by atoms with Crippen LogP contribution in [0.15, 0.2) is 23.3 Å². The van der Waals surface area contributed by atoms with Gasteiger partial charge in [-0.25, -0.2) is 0 Å². The van der Waals surface area contributed by atoms with Gasteiger partial charge >= 0.3 is 0 Å². The molecular formula is C24H41N3O3V. The van der Waals surface area contributed by atoms with Crippen LogP contribution in [0.4, 0.5) is 0 Å². The Balaban J connectivity index is 0.000000429. The van der Waals surface area contributed by atoms with Crippen molar-refractivity contribution in [1.29, 1.82) is 0 Å². The maximum absolute atomic E-state index is 10.7. The molecule has 0 aliphatic carbocycles. The van der Waals surface area contributed by atoms with E-state index in [1.807, 2.05) is 0 Å². The molecule has 31 heavy (non-hydrogen) atoms. The zero-order valence-electron chi connectivity index (χ0n) is 20.1. The van der Waals surface area contributed by atoms with Crippen LogP contribution in [-0.4, -0.2) is 37.4 Å². The van der Waals surface area contributed by atoms with Crippen LogP contribution < -0.4 is 16.0 Å². The minimum atomic E-state index is 0. The summed E-state index contributed by atoms with van der Waals surface area (Å²) in [6.07, 6.45) is 7.57. The average molecular weight is 471 g/mol. The molecule has 175 valence electrons. The van der Waals surface area contributed by atoms with Crippen molar-refractivity contribution >= 4 is 17.7 Å². The second-order valence-corrected chi connectivity index (χ2v) is 9.53. The van der Waals surface area contributed by atoms with Gasteiger partial charge in [-0.15, -0.1) is 0 Å². The largest absolute Gasteiger partial charge is 0.356 e. The number of carbonyl (C=O) groups excluding carboxylic acids is 3. The molecular weight excluding hydrogens is 429 g/mol. The van der Waals surface area contributed by atoms with Crippen LogP contribution in [0.5, 0.6) is 0 Å². The van der Waals surface area contributed by atoms with Crippen molar-refractivity contribution in [2.24, 2.45) is 23.7 Å². The van der Waals surface area contributed by atoms with E-state index >= 15 is 0 Å². The summed E-state index contributed by atoms with van der Waals surface area (Å²) >= 11 is 0. The fourth-order valence-corrected chi connectivity index (χ4v) is 3.93. The molecule has 0 aromatic carbocycles. The predicted molar refractivity (Wildman–Crippen MR) is 122 cm³/mol. The third-order valence-corrected chi connectivity index (χ3v) is 5.02. The van der Waals surface area contributed by atoms with Crippen molar-refractivity contribution in [3.63, 3.8) is 0 Å². The van der Waals surface area contributed by atoms with E-state index in [1.165, 1.54) is 17.6 Å². The van der Waals surface area contributed by atoms with Gasteiger partial charge in [0.05, 0.1) is 0 Å². The van der Waals surface area contributed by atoms with E-state index in [2.05, 4.69) is 69.6 Å². The standard InChI is InChI=1S/C8H15NO.2C8H13NO.V/c3*1-6(2)3-7-4-8(10)9-5-7;/h6-7H,3-5H2,1-2H3,(H,9,10);2*3,7H,4-5H2,1-2H3,(H,9,10);/t3*7-;/m000./s1. The van der Waals surface area contributed by atoms with Crippen LogP contribution in [0.1, 0.15) is 67.2 Å². The summed E-state index contributed by atoms with van der Waals surface area (Å²) in [6.45, 7) is 15.2. The molecule has 3 heterocycles. The number of carbonyl (C=O) groups is 3. The third-order valence-electron chi connectivity index (χ3n) is 5.02. The first-order valence-electron chi connectivity index (χ1n) is 11.1. The second kappa shape index (κ2) is 15.3. The third kappa shape index (κ3) is 14.2. The monoisotopic (exact) mass is 470 g/mol. The first-order chi connectivity index (χ1) is 14.0. The Kier molecular flexibility index (Phi) is 14.6. The van der Waals surface area contributed by atoms with E-state index in [1.54, 1.807) is 0 Å². The van der Waals surface area contributed by atoms with E-state index in [0.717, 1.165) is 32.0 Å². The number of amides is 3. The van der Waals surface area contributed by atoms with Gasteiger partial charge in [-0.1, -0.05) is 37.1 Å². The molecule has 1 radical (unpaired) electrons. The Hall–Kier alpha value is -1.53. The second-order valence-electron chi connectivity index (χ2n) is 9.53. The van der Waals surface area contributed by atoms with Crippen LogP contribution in [0, 0.1) is 23.7 Å². The number of rotatable bonds is 4. The first kappa shape index (κ1) is 29.5. The fraction of sp³-hybridized carbons (Fsp3) is 0.708. The minimum Gasteiger partial charge on any atom is -0.356 e. The Bertz CT molecular complexity index is 610. The summed E-state index contributed by atoms with van der Waals surface area (Å²) < 4.78 is 0. The molecule has 7 heteroatoms. The van der Waals surface area contributed by atoms with Crippen LogP contribution in [0.25, 0.3) is 0 Å². The molecule has 3 atom stereocenters. The molecule has 3 fully saturated rings.